The van der Waals surface area contributed by atoms with Gasteiger partial charge < -0.3 is 10.5 Å². The van der Waals surface area contributed by atoms with Gasteiger partial charge in [0.15, 0.2) is 9.84 Å². The molecule has 6 heteroatoms. The van der Waals surface area contributed by atoms with Crippen LogP contribution in [-0.2, 0) is 14.6 Å². The topological polar surface area (TPSA) is 69.4 Å². The molecule has 0 aliphatic rings. The first-order valence-corrected chi connectivity index (χ1v) is 7.36. The van der Waals surface area contributed by atoms with Crippen molar-refractivity contribution >= 4 is 27.1 Å². The lowest BCUT2D eigenvalue weighted by Gasteiger charge is -2.06. The van der Waals surface area contributed by atoms with E-state index in [1.807, 2.05) is 6.92 Å². The third-order valence-electron chi connectivity index (χ3n) is 2.24. The molecular formula is C11H16ClNO3S. The maximum absolute atomic E-state index is 11.9. The largest absolute Gasteiger partial charge is 0.398 e. The number of anilines is 1. The molecule has 0 radical (unpaired) electrons. The summed E-state index contributed by atoms with van der Waals surface area (Å²) in [7, 11) is -3.30. The Morgan fingerprint density at radius 1 is 1.41 bits per heavy atom. The molecule has 0 saturated carbocycles. The second kappa shape index (κ2) is 6.23. The Morgan fingerprint density at radius 2 is 2.12 bits per heavy atom. The van der Waals surface area contributed by atoms with Gasteiger partial charge in [0.05, 0.1) is 21.4 Å². The van der Waals surface area contributed by atoms with Crippen LogP contribution in [0.4, 0.5) is 5.69 Å². The molecule has 0 unspecified atom stereocenters. The number of benzene rings is 1. The van der Waals surface area contributed by atoms with E-state index in [2.05, 4.69) is 0 Å². The van der Waals surface area contributed by atoms with Gasteiger partial charge in [-0.1, -0.05) is 11.6 Å². The highest BCUT2D eigenvalue weighted by Crippen LogP contribution is 2.23. The van der Waals surface area contributed by atoms with Crippen LogP contribution in [0.3, 0.4) is 0 Å². The molecule has 2 N–H and O–H groups in total. The molecule has 0 aromatic heterocycles. The van der Waals surface area contributed by atoms with E-state index < -0.39 is 9.84 Å². The first-order chi connectivity index (χ1) is 7.97. The number of sulfone groups is 1. The minimum absolute atomic E-state index is 0.0489. The van der Waals surface area contributed by atoms with Crippen LogP contribution in [-0.4, -0.2) is 27.4 Å². The normalized spacial score (nSPS) is 11.6. The van der Waals surface area contributed by atoms with Crippen molar-refractivity contribution in [2.75, 3.05) is 24.7 Å². The Hall–Kier alpha value is -0.780. The summed E-state index contributed by atoms with van der Waals surface area (Å²) in [5.74, 6) is 0.0489. The lowest BCUT2D eigenvalue weighted by molar-refractivity contribution is 0.148. The van der Waals surface area contributed by atoms with Crippen molar-refractivity contribution in [1.82, 2.24) is 0 Å². The minimum Gasteiger partial charge on any atom is -0.398 e. The molecule has 17 heavy (non-hydrogen) atoms. The minimum atomic E-state index is -3.30. The maximum Gasteiger partial charge on any atom is 0.178 e. The van der Waals surface area contributed by atoms with Gasteiger partial charge in [0, 0.05) is 13.2 Å². The summed E-state index contributed by atoms with van der Waals surface area (Å²) in [6.45, 7) is 2.90. The monoisotopic (exact) mass is 277 g/mol. The smallest absolute Gasteiger partial charge is 0.178 e. The van der Waals surface area contributed by atoms with Crippen LogP contribution in [0.1, 0.15) is 13.3 Å². The summed E-state index contributed by atoms with van der Waals surface area (Å²) in [5.41, 5.74) is 5.90. The zero-order chi connectivity index (χ0) is 12.9. The molecular weight excluding hydrogens is 262 g/mol. The summed E-state index contributed by atoms with van der Waals surface area (Å²) in [5, 5.41) is 0.260. The van der Waals surface area contributed by atoms with Gasteiger partial charge >= 0.3 is 0 Å². The molecule has 0 atom stereocenters. The van der Waals surface area contributed by atoms with Crippen LogP contribution in [0, 0.1) is 0 Å². The number of nitrogens with two attached hydrogens (primary N) is 1. The molecule has 0 spiro atoms. The van der Waals surface area contributed by atoms with Crippen molar-refractivity contribution in [3.8, 4) is 0 Å². The van der Waals surface area contributed by atoms with Crippen LogP contribution >= 0.6 is 11.6 Å². The molecule has 0 amide bonds. The van der Waals surface area contributed by atoms with Crippen molar-refractivity contribution in [2.45, 2.75) is 18.2 Å². The van der Waals surface area contributed by atoms with Crippen LogP contribution in [0.5, 0.6) is 0 Å². The van der Waals surface area contributed by atoms with Crippen molar-refractivity contribution in [1.29, 1.82) is 0 Å². The van der Waals surface area contributed by atoms with Crippen molar-refractivity contribution in [3.05, 3.63) is 23.2 Å². The van der Waals surface area contributed by atoms with E-state index in [1.165, 1.54) is 18.2 Å². The summed E-state index contributed by atoms with van der Waals surface area (Å²) in [4.78, 5) is 0.202. The average Bonchev–Trinajstić information content (AvgIpc) is 2.28. The van der Waals surface area contributed by atoms with E-state index in [9.17, 15) is 8.42 Å². The Bertz CT molecular complexity index is 474. The zero-order valence-electron chi connectivity index (χ0n) is 9.65. The van der Waals surface area contributed by atoms with Crippen LogP contribution in [0.2, 0.25) is 5.02 Å². The summed E-state index contributed by atoms with van der Waals surface area (Å²) < 4.78 is 28.9. The second-order valence-electron chi connectivity index (χ2n) is 3.55. The number of halogens is 1. The van der Waals surface area contributed by atoms with Gasteiger partial charge in [0.2, 0.25) is 0 Å². The van der Waals surface area contributed by atoms with E-state index in [-0.39, 0.29) is 15.7 Å². The molecule has 0 aliphatic carbocycles. The Balaban J connectivity index is 2.72. The molecule has 0 fully saturated rings. The fraction of sp³-hybridized carbons (Fsp3) is 0.455. The Kier molecular flexibility index (Phi) is 5.24. The second-order valence-corrected chi connectivity index (χ2v) is 6.07. The Labute approximate surface area is 107 Å². The first-order valence-electron chi connectivity index (χ1n) is 5.33. The summed E-state index contributed by atoms with van der Waals surface area (Å²) >= 11 is 5.79. The molecule has 0 aliphatic heterocycles. The number of ether oxygens (including phenoxy) is 1. The molecule has 1 rings (SSSR count). The van der Waals surface area contributed by atoms with Crippen LogP contribution < -0.4 is 5.73 Å². The van der Waals surface area contributed by atoms with Gasteiger partial charge in [-0.15, -0.1) is 0 Å². The predicted octanol–water partition coefficient (Wildman–Crippen LogP) is 2.12. The summed E-state index contributed by atoms with van der Waals surface area (Å²) in [6, 6.07) is 4.35. The highest BCUT2D eigenvalue weighted by Gasteiger charge is 2.15. The van der Waals surface area contributed by atoms with E-state index in [0.717, 1.165) is 0 Å². The van der Waals surface area contributed by atoms with Gasteiger partial charge in [-0.05, 0) is 31.5 Å². The van der Waals surface area contributed by atoms with Gasteiger partial charge in [-0.3, -0.25) is 0 Å². The number of hydrogen-bond donors (Lipinski definition) is 1. The SMILES string of the molecule is CCOCCCS(=O)(=O)c1ccc(N)c(Cl)c1. The maximum atomic E-state index is 11.9. The third kappa shape index (κ3) is 4.18. The standard InChI is InChI=1S/C11H16ClNO3S/c1-2-16-6-3-7-17(14,15)9-4-5-11(13)10(12)8-9/h4-5,8H,2-3,6-7,13H2,1H3. The molecule has 96 valence electrons. The van der Waals surface area contributed by atoms with E-state index in [0.29, 0.717) is 25.3 Å². The number of hydrogen-bond acceptors (Lipinski definition) is 4. The van der Waals surface area contributed by atoms with E-state index in [4.69, 9.17) is 22.1 Å². The van der Waals surface area contributed by atoms with Crippen LogP contribution in [0.25, 0.3) is 0 Å². The zero-order valence-corrected chi connectivity index (χ0v) is 11.2. The first kappa shape index (κ1) is 14.3. The van der Waals surface area contributed by atoms with Crippen molar-refractivity contribution < 1.29 is 13.2 Å². The molecule has 0 heterocycles. The Morgan fingerprint density at radius 3 is 2.71 bits per heavy atom. The fourth-order valence-electron chi connectivity index (χ4n) is 1.31. The molecule has 4 nitrogen and oxygen atoms in total. The molecule has 0 bridgehead atoms. The van der Waals surface area contributed by atoms with E-state index >= 15 is 0 Å². The molecule has 0 saturated heterocycles. The molecule has 1 aromatic rings. The van der Waals surface area contributed by atoms with E-state index in [1.54, 1.807) is 0 Å². The number of rotatable bonds is 6. The number of nitrogen functional groups attached to an aromatic ring is 1. The highest BCUT2D eigenvalue weighted by molar-refractivity contribution is 7.91. The van der Waals surface area contributed by atoms with Gasteiger partial charge in [-0.25, -0.2) is 8.42 Å². The van der Waals surface area contributed by atoms with Crippen molar-refractivity contribution in [3.63, 3.8) is 0 Å². The highest BCUT2D eigenvalue weighted by atomic mass is 35.5. The predicted molar refractivity (Wildman–Crippen MR) is 69.0 cm³/mol. The van der Waals surface area contributed by atoms with Crippen LogP contribution in [0.15, 0.2) is 23.1 Å². The van der Waals surface area contributed by atoms with Gasteiger partial charge in [0.1, 0.15) is 0 Å². The molecule has 1 aromatic carbocycles. The van der Waals surface area contributed by atoms with Gasteiger partial charge in [-0.2, -0.15) is 0 Å². The lowest BCUT2D eigenvalue weighted by atomic mass is 10.3. The quantitative estimate of drug-likeness (QED) is 0.639. The lowest BCUT2D eigenvalue weighted by Crippen LogP contribution is -2.09. The fourth-order valence-corrected chi connectivity index (χ4v) is 2.87. The third-order valence-corrected chi connectivity index (χ3v) is 4.36. The van der Waals surface area contributed by atoms with Gasteiger partial charge in [0.25, 0.3) is 0 Å². The summed E-state index contributed by atoms with van der Waals surface area (Å²) in [6.07, 6.45) is 0.470. The van der Waals surface area contributed by atoms with Crippen molar-refractivity contribution in [2.24, 2.45) is 0 Å². The average molecular weight is 278 g/mol.